The Labute approximate surface area is 67.8 Å². The molecule has 0 amide bonds. The van der Waals surface area contributed by atoms with E-state index in [0.29, 0.717) is 0 Å². The van der Waals surface area contributed by atoms with Gasteiger partial charge in [-0.2, -0.15) is 0 Å². The molecule has 3 nitrogen and oxygen atoms in total. The Morgan fingerprint density at radius 3 is 1.71 bits per heavy atom. The molecule has 1 atom stereocenters. The SMILES string of the molecule is CN(C)S(=O)[O-].[Na+]. The van der Waals surface area contributed by atoms with Gasteiger partial charge in [-0.3, -0.25) is 4.21 Å². The molecule has 0 radical (unpaired) electrons. The summed E-state index contributed by atoms with van der Waals surface area (Å²) in [6.45, 7) is 0. The van der Waals surface area contributed by atoms with Crippen molar-refractivity contribution in [2.45, 2.75) is 0 Å². The molecular formula is C2H6NNaO2S. The van der Waals surface area contributed by atoms with Crippen molar-refractivity contribution < 1.29 is 38.3 Å². The Kier molecular flexibility index (Phi) is 8.15. The molecule has 0 aromatic heterocycles. The molecule has 0 aliphatic carbocycles. The summed E-state index contributed by atoms with van der Waals surface area (Å²) in [7, 11) is 2.92. The van der Waals surface area contributed by atoms with E-state index < -0.39 is 11.3 Å². The quantitative estimate of drug-likeness (QED) is 0.272. The molecule has 5 heteroatoms. The topological polar surface area (TPSA) is 43.4 Å². The van der Waals surface area contributed by atoms with Crippen LogP contribution < -0.4 is 29.6 Å². The Morgan fingerprint density at radius 1 is 1.57 bits per heavy atom. The summed E-state index contributed by atoms with van der Waals surface area (Å²) in [5.41, 5.74) is 0. The Bertz CT molecular complexity index is 66.7. The summed E-state index contributed by atoms with van der Waals surface area (Å²) < 4.78 is 20.3. The fourth-order valence-electron chi connectivity index (χ4n) is 0. The molecule has 7 heavy (non-hydrogen) atoms. The van der Waals surface area contributed by atoms with Gasteiger partial charge in [-0.25, -0.2) is 4.31 Å². The van der Waals surface area contributed by atoms with Gasteiger partial charge in [0.1, 0.15) is 0 Å². The van der Waals surface area contributed by atoms with E-state index in [1.807, 2.05) is 0 Å². The maximum atomic E-state index is 9.62. The van der Waals surface area contributed by atoms with Crippen molar-refractivity contribution in [2.75, 3.05) is 14.1 Å². The van der Waals surface area contributed by atoms with Crippen LogP contribution in [0.15, 0.2) is 0 Å². The third-order valence-electron chi connectivity index (χ3n) is 0.298. The van der Waals surface area contributed by atoms with Crippen molar-refractivity contribution in [2.24, 2.45) is 0 Å². The minimum atomic E-state index is -2.03. The van der Waals surface area contributed by atoms with E-state index in [1.54, 1.807) is 0 Å². The number of hydrogen-bond donors (Lipinski definition) is 0. The molecule has 0 aliphatic heterocycles. The van der Waals surface area contributed by atoms with Crippen LogP contribution >= 0.6 is 0 Å². The molecule has 0 heterocycles. The zero-order valence-electron chi connectivity index (χ0n) is 4.67. The van der Waals surface area contributed by atoms with Gasteiger partial charge in [0, 0.05) is 11.3 Å². The second kappa shape index (κ2) is 5.21. The van der Waals surface area contributed by atoms with Crippen molar-refractivity contribution in [1.29, 1.82) is 0 Å². The van der Waals surface area contributed by atoms with Crippen molar-refractivity contribution in [1.82, 2.24) is 4.31 Å². The monoisotopic (exact) mass is 131 g/mol. The van der Waals surface area contributed by atoms with E-state index in [1.165, 1.54) is 14.1 Å². The van der Waals surface area contributed by atoms with E-state index >= 15 is 0 Å². The standard InChI is InChI=1S/C2H7NO2S.Na/c1-3(2)6(4)5;/h1-2H3,(H,4,5);/q;+1/p-1. The predicted molar refractivity (Wildman–Crippen MR) is 22.6 cm³/mol. The second-order valence-corrected chi connectivity index (χ2v) is 2.19. The van der Waals surface area contributed by atoms with Crippen molar-refractivity contribution in [3.05, 3.63) is 0 Å². The van der Waals surface area contributed by atoms with E-state index in [4.69, 9.17) is 0 Å². The smallest absolute Gasteiger partial charge is 0.760 e. The van der Waals surface area contributed by atoms with Crippen LogP contribution in [0.25, 0.3) is 0 Å². The molecule has 0 spiro atoms. The molecule has 1 unspecified atom stereocenters. The zero-order chi connectivity index (χ0) is 5.15. The maximum Gasteiger partial charge on any atom is 1.00 e. The van der Waals surface area contributed by atoms with E-state index in [-0.39, 0.29) is 29.6 Å². The van der Waals surface area contributed by atoms with Gasteiger partial charge < -0.3 is 4.55 Å². The number of hydrogen-bond acceptors (Lipinski definition) is 2. The summed E-state index contributed by atoms with van der Waals surface area (Å²) in [5, 5.41) is 0. The van der Waals surface area contributed by atoms with E-state index in [9.17, 15) is 8.76 Å². The summed E-state index contributed by atoms with van der Waals surface area (Å²) in [6, 6.07) is 0. The van der Waals surface area contributed by atoms with Gasteiger partial charge >= 0.3 is 29.6 Å². The summed E-state index contributed by atoms with van der Waals surface area (Å²) in [5.74, 6) is 0. The van der Waals surface area contributed by atoms with Crippen molar-refractivity contribution in [3.63, 3.8) is 0 Å². The summed E-state index contributed by atoms with van der Waals surface area (Å²) in [4.78, 5) is 0. The van der Waals surface area contributed by atoms with Crippen LogP contribution in [0.5, 0.6) is 0 Å². The van der Waals surface area contributed by atoms with Crippen LogP contribution in [0.3, 0.4) is 0 Å². The molecular weight excluding hydrogens is 125 g/mol. The summed E-state index contributed by atoms with van der Waals surface area (Å²) >= 11 is -2.03. The van der Waals surface area contributed by atoms with Gasteiger partial charge in [0.25, 0.3) is 0 Å². The minimum Gasteiger partial charge on any atom is -0.760 e. The predicted octanol–water partition coefficient (Wildman–Crippen LogP) is -3.65. The average Bonchev–Trinajstić information content (AvgIpc) is 1.36. The normalized spacial score (nSPS) is 13.1. The van der Waals surface area contributed by atoms with Crippen molar-refractivity contribution in [3.8, 4) is 0 Å². The van der Waals surface area contributed by atoms with E-state index in [2.05, 4.69) is 0 Å². The number of nitrogens with zero attached hydrogens (tertiary/aromatic N) is 1. The fourth-order valence-corrected chi connectivity index (χ4v) is 0. The van der Waals surface area contributed by atoms with Gasteiger partial charge in [-0.15, -0.1) is 0 Å². The van der Waals surface area contributed by atoms with E-state index in [0.717, 1.165) is 4.31 Å². The molecule has 0 saturated carbocycles. The first-order valence-electron chi connectivity index (χ1n) is 1.41. The molecule has 0 saturated heterocycles. The molecule has 38 valence electrons. The Balaban J connectivity index is 0. The first-order chi connectivity index (χ1) is 2.64. The van der Waals surface area contributed by atoms with Crippen LogP contribution in [0.4, 0.5) is 0 Å². The average molecular weight is 131 g/mol. The first kappa shape index (κ1) is 10.9. The first-order valence-corrected chi connectivity index (χ1v) is 2.44. The van der Waals surface area contributed by atoms with Crippen LogP contribution in [0.1, 0.15) is 0 Å². The van der Waals surface area contributed by atoms with Crippen LogP contribution in [-0.4, -0.2) is 27.2 Å². The largest absolute Gasteiger partial charge is 1.00 e. The third kappa shape index (κ3) is 7.07. The maximum absolute atomic E-state index is 9.62. The third-order valence-corrected chi connectivity index (χ3v) is 0.894. The minimum absolute atomic E-state index is 0. The second-order valence-electron chi connectivity index (χ2n) is 1.03. The Morgan fingerprint density at radius 2 is 1.71 bits per heavy atom. The molecule has 0 aromatic rings. The molecule has 0 fully saturated rings. The molecule has 0 rings (SSSR count). The molecule has 0 bridgehead atoms. The fraction of sp³-hybridized carbons (Fsp3) is 1.00. The Hall–Kier alpha value is 1.07. The molecule has 0 aliphatic rings. The summed E-state index contributed by atoms with van der Waals surface area (Å²) in [6.07, 6.45) is 0. The number of rotatable bonds is 1. The van der Waals surface area contributed by atoms with Gasteiger partial charge in [0.2, 0.25) is 0 Å². The van der Waals surface area contributed by atoms with Crippen LogP contribution in [-0.2, 0) is 11.3 Å². The van der Waals surface area contributed by atoms with Gasteiger partial charge in [0.15, 0.2) is 0 Å². The zero-order valence-corrected chi connectivity index (χ0v) is 7.49. The van der Waals surface area contributed by atoms with Crippen LogP contribution in [0, 0.1) is 0 Å². The van der Waals surface area contributed by atoms with Gasteiger partial charge in [-0.1, -0.05) is 0 Å². The van der Waals surface area contributed by atoms with Crippen LogP contribution in [0.2, 0.25) is 0 Å². The van der Waals surface area contributed by atoms with Gasteiger partial charge in [0.05, 0.1) is 0 Å². The molecule has 0 aromatic carbocycles. The van der Waals surface area contributed by atoms with Gasteiger partial charge in [-0.05, 0) is 14.1 Å². The van der Waals surface area contributed by atoms with Crippen molar-refractivity contribution >= 4 is 11.3 Å². The molecule has 0 N–H and O–H groups in total.